The molecule has 98 valence electrons. The molecule has 0 radical (unpaired) electrons. The quantitative estimate of drug-likeness (QED) is 0.773. The Bertz CT molecular complexity index is 803. The van der Waals surface area contributed by atoms with Gasteiger partial charge in [-0.25, -0.2) is 9.78 Å². The monoisotopic (exact) mass is 266 g/mol. The van der Waals surface area contributed by atoms with Gasteiger partial charge in [-0.05, 0) is 36.4 Å². The van der Waals surface area contributed by atoms with Crippen LogP contribution < -0.4 is 0 Å². The average Bonchev–Trinajstić information content (AvgIpc) is 2.90. The molecule has 3 rings (SSSR count). The molecule has 1 aromatic heterocycles. The van der Waals surface area contributed by atoms with Crippen molar-refractivity contribution in [1.29, 1.82) is 0 Å². The third kappa shape index (κ3) is 1.95. The number of para-hydroxylation sites is 2. The van der Waals surface area contributed by atoms with Gasteiger partial charge in [-0.15, -0.1) is 0 Å². The molecular formula is C15H10N2O3. The van der Waals surface area contributed by atoms with Crippen LogP contribution in [0.4, 0.5) is 0 Å². The first kappa shape index (κ1) is 12.1. The number of fused-ring (bicyclic) bond motifs is 1. The summed E-state index contributed by atoms with van der Waals surface area (Å²) in [4.78, 5) is 27.3. The summed E-state index contributed by atoms with van der Waals surface area (Å²) >= 11 is 0. The fourth-order valence-corrected chi connectivity index (χ4v) is 2.02. The predicted octanol–water partition coefficient (Wildman–Crippen LogP) is 2.42. The highest BCUT2D eigenvalue weighted by Gasteiger charge is 2.12. The van der Waals surface area contributed by atoms with Gasteiger partial charge in [0.1, 0.15) is 6.33 Å². The highest BCUT2D eigenvalue weighted by Crippen LogP contribution is 2.14. The highest BCUT2D eigenvalue weighted by molar-refractivity contribution is 6.01. The summed E-state index contributed by atoms with van der Waals surface area (Å²) in [5.74, 6) is -1.26. The zero-order valence-electron chi connectivity index (χ0n) is 10.4. The molecule has 1 N–H and O–H groups in total. The van der Waals surface area contributed by atoms with Crippen molar-refractivity contribution >= 4 is 22.9 Å². The van der Waals surface area contributed by atoms with Gasteiger partial charge in [0.15, 0.2) is 0 Å². The smallest absolute Gasteiger partial charge is 0.335 e. The Morgan fingerprint density at radius 3 is 2.30 bits per heavy atom. The fraction of sp³-hybridized carbons (Fsp3) is 0. The maximum atomic E-state index is 12.4. The second-order valence-electron chi connectivity index (χ2n) is 4.29. The lowest BCUT2D eigenvalue weighted by atomic mass is 10.1. The standard InChI is InChI=1S/C15H10N2O3/c18-14(10-5-7-11(8-6-10)15(19)20)17-9-16-12-3-1-2-4-13(12)17/h1-9H,(H,19,20). The van der Waals surface area contributed by atoms with Crippen LogP contribution in [0.1, 0.15) is 20.7 Å². The van der Waals surface area contributed by atoms with E-state index >= 15 is 0 Å². The van der Waals surface area contributed by atoms with Crippen LogP contribution in [0, 0.1) is 0 Å². The van der Waals surface area contributed by atoms with Crippen LogP contribution in [0.2, 0.25) is 0 Å². The SMILES string of the molecule is O=C(O)c1ccc(C(=O)n2cnc3ccccc32)cc1. The number of aromatic nitrogens is 2. The topological polar surface area (TPSA) is 72.2 Å². The first-order valence-corrected chi connectivity index (χ1v) is 5.97. The van der Waals surface area contributed by atoms with E-state index in [1.807, 2.05) is 24.3 Å². The van der Waals surface area contributed by atoms with Gasteiger partial charge < -0.3 is 5.11 Å². The Morgan fingerprint density at radius 1 is 0.950 bits per heavy atom. The first-order valence-electron chi connectivity index (χ1n) is 5.97. The molecule has 0 spiro atoms. The van der Waals surface area contributed by atoms with E-state index in [0.717, 1.165) is 11.0 Å². The van der Waals surface area contributed by atoms with Crippen molar-refractivity contribution in [3.05, 3.63) is 66.0 Å². The minimum atomic E-state index is -1.02. The maximum Gasteiger partial charge on any atom is 0.335 e. The summed E-state index contributed by atoms with van der Waals surface area (Å²) in [5.41, 5.74) is 2.03. The lowest BCUT2D eigenvalue weighted by molar-refractivity contribution is 0.0696. The minimum Gasteiger partial charge on any atom is -0.478 e. The molecule has 0 aliphatic carbocycles. The number of benzene rings is 2. The summed E-state index contributed by atoms with van der Waals surface area (Å²) < 4.78 is 1.45. The van der Waals surface area contributed by atoms with Crippen LogP contribution in [-0.2, 0) is 0 Å². The number of nitrogens with zero attached hydrogens (tertiary/aromatic N) is 2. The van der Waals surface area contributed by atoms with E-state index in [1.54, 1.807) is 0 Å². The van der Waals surface area contributed by atoms with Crippen molar-refractivity contribution in [2.45, 2.75) is 0 Å². The van der Waals surface area contributed by atoms with E-state index in [4.69, 9.17) is 5.11 Å². The lowest BCUT2D eigenvalue weighted by Gasteiger charge is -2.03. The molecule has 0 bridgehead atoms. The molecule has 5 nitrogen and oxygen atoms in total. The van der Waals surface area contributed by atoms with Gasteiger partial charge in [-0.1, -0.05) is 12.1 Å². The molecule has 20 heavy (non-hydrogen) atoms. The molecular weight excluding hydrogens is 256 g/mol. The van der Waals surface area contributed by atoms with Crippen LogP contribution in [0.3, 0.4) is 0 Å². The van der Waals surface area contributed by atoms with Crippen molar-refractivity contribution in [2.75, 3.05) is 0 Å². The summed E-state index contributed by atoms with van der Waals surface area (Å²) in [5, 5.41) is 8.84. The van der Waals surface area contributed by atoms with E-state index in [0.29, 0.717) is 5.56 Å². The number of rotatable bonds is 2. The largest absolute Gasteiger partial charge is 0.478 e. The summed E-state index contributed by atoms with van der Waals surface area (Å²) in [6, 6.07) is 13.1. The molecule has 0 aliphatic heterocycles. The number of hydrogen-bond donors (Lipinski definition) is 1. The third-order valence-corrected chi connectivity index (χ3v) is 3.05. The number of aromatic carboxylic acids is 1. The Hall–Kier alpha value is -2.95. The molecule has 0 unspecified atom stereocenters. The Kier molecular flexibility index (Phi) is 2.80. The maximum absolute atomic E-state index is 12.4. The molecule has 5 heteroatoms. The highest BCUT2D eigenvalue weighted by atomic mass is 16.4. The Balaban J connectivity index is 2.02. The lowest BCUT2D eigenvalue weighted by Crippen LogP contribution is -2.11. The van der Waals surface area contributed by atoms with Crippen LogP contribution in [0.15, 0.2) is 54.9 Å². The van der Waals surface area contributed by atoms with Crippen LogP contribution >= 0.6 is 0 Å². The molecule has 3 aromatic rings. The van der Waals surface area contributed by atoms with Gasteiger partial charge in [-0.3, -0.25) is 9.36 Å². The van der Waals surface area contributed by atoms with Crippen LogP contribution in [0.5, 0.6) is 0 Å². The van der Waals surface area contributed by atoms with Gasteiger partial charge in [0, 0.05) is 5.56 Å². The summed E-state index contributed by atoms with van der Waals surface area (Å²) in [6.07, 6.45) is 1.47. The molecule has 1 heterocycles. The Labute approximate surface area is 114 Å². The van der Waals surface area contributed by atoms with E-state index in [2.05, 4.69) is 4.98 Å². The zero-order valence-corrected chi connectivity index (χ0v) is 10.4. The number of carbonyl (C=O) groups is 2. The predicted molar refractivity (Wildman–Crippen MR) is 72.9 cm³/mol. The zero-order chi connectivity index (χ0) is 14.1. The van der Waals surface area contributed by atoms with Crippen molar-refractivity contribution in [3.8, 4) is 0 Å². The second kappa shape index (κ2) is 4.62. The molecule has 0 aliphatic rings. The van der Waals surface area contributed by atoms with Crippen LogP contribution in [0.25, 0.3) is 11.0 Å². The first-order chi connectivity index (χ1) is 9.66. The average molecular weight is 266 g/mol. The van der Waals surface area contributed by atoms with Gasteiger partial charge >= 0.3 is 5.97 Å². The number of carboxylic acid groups (broad SMARTS) is 1. The van der Waals surface area contributed by atoms with Crippen molar-refractivity contribution in [2.24, 2.45) is 0 Å². The van der Waals surface area contributed by atoms with Gasteiger partial charge in [-0.2, -0.15) is 0 Å². The number of hydrogen-bond acceptors (Lipinski definition) is 3. The number of carboxylic acids is 1. The van der Waals surface area contributed by atoms with Crippen molar-refractivity contribution in [3.63, 3.8) is 0 Å². The van der Waals surface area contributed by atoms with E-state index in [-0.39, 0.29) is 11.5 Å². The fourth-order valence-electron chi connectivity index (χ4n) is 2.02. The molecule has 0 atom stereocenters. The Morgan fingerprint density at radius 2 is 1.60 bits per heavy atom. The number of carbonyl (C=O) groups excluding carboxylic acids is 1. The van der Waals surface area contributed by atoms with E-state index in [9.17, 15) is 9.59 Å². The molecule has 0 saturated heterocycles. The van der Waals surface area contributed by atoms with Gasteiger partial charge in [0.25, 0.3) is 5.91 Å². The van der Waals surface area contributed by atoms with E-state index in [1.165, 1.54) is 35.2 Å². The third-order valence-electron chi connectivity index (χ3n) is 3.05. The summed E-state index contributed by atoms with van der Waals surface area (Å²) in [7, 11) is 0. The normalized spacial score (nSPS) is 10.6. The van der Waals surface area contributed by atoms with Crippen molar-refractivity contribution < 1.29 is 14.7 Å². The minimum absolute atomic E-state index is 0.150. The number of imidazole rings is 1. The molecule has 0 saturated carbocycles. The molecule has 0 amide bonds. The molecule has 2 aromatic carbocycles. The molecule has 0 fully saturated rings. The van der Waals surface area contributed by atoms with Gasteiger partial charge in [0.2, 0.25) is 0 Å². The summed E-state index contributed by atoms with van der Waals surface area (Å²) in [6.45, 7) is 0. The van der Waals surface area contributed by atoms with Crippen LogP contribution in [-0.4, -0.2) is 26.5 Å². The van der Waals surface area contributed by atoms with E-state index < -0.39 is 5.97 Å². The van der Waals surface area contributed by atoms with Gasteiger partial charge in [0.05, 0.1) is 16.6 Å². The van der Waals surface area contributed by atoms with Crippen molar-refractivity contribution in [1.82, 2.24) is 9.55 Å². The second-order valence-corrected chi connectivity index (χ2v) is 4.29.